The monoisotopic (exact) mass is 429 g/mol. The predicted octanol–water partition coefficient (Wildman–Crippen LogP) is 1.84. The molecule has 8 heteroatoms. The summed E-state index contributed by atoms with van der Waals surface area (Å²) in [5.41, 5.74) is 0.853. The van der Waals surface area contributed by atoms with Gasteiger partial charge in [-0.3, -0.25) is 14.9 Å². The van der Waals surface area contributed by atoms with E-state index in [0.29, 0.717) is 0 Å². The van der Waals surface area contributed by atoms with Gasteiger partial charge in [0.2, 0.25) is 0 Å². The summed E-state index contributed by atoms with van der Waals surface area (Å²) in [6.45, 7) is 0. The lowest BCUT2D eigenvalue weighted by Crippen LogP contribution is -2.43. The molecule has 0 bridgehead atoms. The normalized spacial score (nSPS) is 23.9. The number of benzene rings is 2. The number of hydrogen-bond donors (Lipinski definition) is 1. The Hall–Kier alpha value is -2.97. The van der Waals surface area contributed by atoms with Gasteiger partial charge in [0, 0.05) is 6.04 Å². The summed E-state index contributed by atoms with van der Waals surface area (Å²) in [5.74, 6) is -2.79. The number of sulfone groups is 1. The highest BCUT2D eigenvalue weighted by Gasteiger charge is 2.56. The Morgan fingerprint density at radius 2 is 1.47 bits per heavy atom. The summed E-state index contributed by atoms with van der Waals surface area (Å²) in [5, 5.41) is 1.71. The number of esters is 2. The van der Waals surface area contributed by atoms with Crippen LogP contribution in [0.5, 0.6) is 0 Å². The second-order valence-corrected chi connectivity index (χ2v) is 8.94. The van der Waals surface area contributed by atoms with Crippen LogP contribution in [0.15, 0.2) is 71.6 Å². The quantitative estimate of drug-likeness (QED) is 0.700. The average molecular weight is 429 g/mol. The highest BCUT2D eigenvalue weighted by atomic mass is 32.2. The van der Waals surface area contributed by atoms with Crippen molar-refractivity contribution in [1.82, 2.24) is 5.32 Å². The number of nitrogens with one attached hydrogen (secondary N) is 1. The van der Waals surface area contributed by atoms with E-state index in [1.807, 2.05) is 30.3 Å². The first-order chi connectivity index (χ1) is 14.4. The van der Waals surface area contributed by atoms with Crippen LogP contribution in [0.2, 0.25) is 0 Å². The van der Waals surface area contributed by atoms with E-state index in [0.717, 1.165) is 12.7 Å². The minimum absolute atomic E-state index is 0.0642. The lowest BCUT2D eigenvalue weighted by molar-refractivity contribution is -0.153. The molecule has 0 aromatic heterocycles. The molecule has 158 valence electrons. The fourth-order valence-corrected chi connectivity index (χ4v) is 5.72. The van der Waals surface area contributed by atoms with Gasteiger partial charge in [-0.2, -0.15) is 0 Å². The Morgan fingerprint density at radius 1 is 0.900 bits per heavy atom. The second-order valence-electron chi connectivity index (χ2n) is 6.83. The number of methoxy groups -OCH3 is 2. The van der Waals surface area contributed by atoms with Gasteiger partial charge in [0.25, 0.3) is 0 Å². The Kier molecular flexibility index (Phi) is 6.69. The van der Waals surface area contributed by atoms with Crippen LogP contribution in [0.3, 0.4) is 0 Å². The topological polar surface area (TPSA) is 98.8 Å². The molecule has 3 rings (SSSR count). The summed E-state index contributed by atoms with van der Waals surface area (Å²) in [6.07, 6.45) is 3.40. The van der Waals surface area contributed by atoms with E-state index in [2.05, 4.69) is 5.32 Å². The molecule has 1 aliphatic rings. The molecule has 0 amide bonds. The van der Waals surface area contributed by atoms with Crippen molar-refractivity contribution < 1.29 is 27.5 Å². The predicted molar refractivity (Wildman–Crippen MR) is 111 cm³/mol. The number of carbonyl (C=O) groups excluding carboxylic acids is 2. The van der Waals surface area contributed by atoms with Gasteiger partial charge in [-0.15, -0.1) is 0 Å². The Bertz CT molecular complexity index is 1020. The van der Waals surface area contributed by atoms with Crippen LogP contribution >= 0.6 is 0 Å². The number of carbonyl (C=O) groups is 2. The van der Waals surface area contributed by atoms with E-state index in [-0.39, 0.29) is 4.90 Å². The van der Waals surface area contributed by atoms with Crippen LogP contribution in [-0.2, 0) is 28.9 Å². The van der Waals surface area contributed by atoms with Crippen molar-refractivity contribution in [3.63, 3.8) is 0 Å². The summed E-state index contributed by atoms with van der Waals surface area (Å²) in [6, 6.07) is 15.2. The molecule has 1 saturated heterocycles. The maximum absolute atomic E-state index is 13.5. The molecule has 7 nitrogen and oxygen atoms in total. The third-order valence-electron chi connectivity index (χ3n) is 5.09. The lowest BCUT2D eigenvalue weighted by Gasteiger charge is -2.22. The zero-order chi connectivity index (χ0) is 21.7. The maximum atomic E-state index is 13.5. The van der Waals surface area contributed by atoms with Crippen LogP contribution in [-0.4, -0.2) is 51.9 Å². The van der Waals surface area contributed by atoms with Gasteiger partial charge in [0.05, 0.1) is 19.1 Å². The Balaban J connectivity index is 2.09. The first kappa shape index (κ1) is 21.7. The Labute approximate surface area is 175 Å². The largest absolute Gasteiger partial charge is 0.469 e. The fourth-order valence-electron chi connectivity index (χ4n) is 3.66. The Morgan fingerprint density at radius 3 is 2.03 bits per heavy atom. The van der Waals surface area contributed by atoms with Gasteiger partial charge < -0.3 is 9.47 Å². The molecular formula is C22H23NO6S. The van der Waals surface area contributed by atoms with Gasteiger partial charge in [-0.05, 0) is 17.7 Å². The molecule has 2 aromatic carbocycles. The SMILES string of the molecule is COC(=O)[C@@H]1[C@H](S(=O)(=O)c2ccccc2)[C@@H](/C=C/c2ccccc2)N[C@H]1C(=O)OC. The van der Waals surface area contributed by atoms with E-state index in [1.165, 1.54) is 19.2 Å². The second kappa shape index (κ2) is 9.23. The van der Waals surface area contributed by atoms with Gasteiger partial charge >= 0.3 is 11.9 Å². The van der Waals surface area contributed by atoms with Crippen LogP contribution < -0.4 is 5.32 Å². The molecule has 1 aliphatic heterocycles. The zero-order valence-corrected chi connectivity index (χ0v) is 17.4. The molecule has 4 atom stereocenters. The van der Waals surface area contributed by atoms with Crippen molar-refractivity contribution in [2.75, 3.05) is 14.2 Å². The molecule has 0 saturated carbocycles. The number of ether oxygens (including phenoxy) is 2. The maximum Gasteiger partial charge on any atom is 0.323 e. The molecule has 0 spiro atoms. The summed E-state index contributed by atoms with van der Waals surface area (Å²) < 4.78 is 36.7. The highest BCUT2D eigenvalue weighted by molar-refractivity contribution is 7.92. The number of hydrogen-bond acceptors (Lipinski definition) is 7. The summed E-state index contributed by atoms with van der Waals surface area (Å²) >= 11 is 0. The molecular weight excluding hydrogens is 406 g/mol. The highest BCUT2D eigenvalue weighted by Crippen LogP contribution is 2.34. The third kappa shape index (κ3) is 4.29. The molecule has 2 aromatic rings. The smallest absolute Gasteiger partial charge is 0.323 e. The molecule has 0 unspecified atom stereocenters. The first-order valence-corrected chi connectivity index (χ1v) is 10.9. The van der Waals surface area contributed by atoms with Crippen LogP contribution in [0.4, 0.5) is 0 Å². The van der Waals surface area contributed by atoms with E-state index in [4.69, 9.17) is 9.47 Å². The van der Waals surface area contributed by atoms with Crippen molar-refractivity contribution in [2.24, 2.45) is 5.92 Å². The van der Waals surface area contributed by atoms with Crippen LogP contribution in [0.25, 0.3) is 6.08 Å². The molecule has 0 radical (unpaired) electrons. The van der Waals surface area contributed by atoms with Crippen molar-refractivity contribution >= 4 is 27.9 Å². The lowest BCUT2D eigenvalue weighted by atomic mass is 9.98. The van der Waals surface area contributed by atoms with Crippen molar-refractivity contribution in [1.29, 1.82) is 0 Å². The van der Waals surface area contributed by atoms with Crippen LogP contribution in [0, 0.1) is 5.92 Å². The number of rotatable bonds is 6. The first-order valence-electron chi connectivity index (χ1n) is 9.34. The molecule has 0 aliphatic carbocycles. The zero-order valence-electron chi connectivity index (χ0n) is 16.6. The minimum atomic E-state index is -3.99. The van der Waals surface area contributed by atoms with Gasteiger partial charge in [0.15, 0.2) is 9.84 Å². The van der Waals surface area contributed by atoms with Crippen molar-refractivity contribution in [3.8, 4) is 0 Å². The van der Waals surface area contributed by atoms with E-state index >= 15 is 0 Å². The van der Waals surface area contributed by atoms with E-state index in [1.54, 1.807) is 30.4 Å². The van der Waals surface area contributed by atoms with Crippen LogP contribution in [0.1, 0.15) is 5.56 Å². The van der Waals surface area contributed by atoms with E-state index in [9.17, 15) is 18.0 Å². The molecule has 30 heavy (non-hydrogen) atoms. The molecule has 1 N–H and O–H groups in total. The minimum Gasteiger partial charge on any atom is -0.469 e. The van der Waals surface area contributed by atoms with Crippen molar-refractivity contribution in [3.05, 3.63) is 72.3 Å². The third-order valence-corrected chi connectivity index (χ3v) is 7.33. The van der Waals surface area contributed by atoms with Gasteiger partial charge in [-0.25, -0.2) is 8.42 Å². The standard InChI is InChI=1S/C22H23NO6S/c1-28-21(24)18-19(22(25)29-2)23-17(14-13-15-9-5-3-6-10-15)20(18)30(26,27)16-11-7-4-8-12-16/h3-14,17-20,23H,1-2H3/b14-13+/t17-,18+,19-,20-/m1/s1. The average Bonchev–Trinajstić information content (AvgIpc) is 3.18. The van der Waals surface area contributed by atoms with Gasteiger partial charge in [-0.1, -0.05) is 60.7 Å². The van der Waals surface area contributed by atoms with Gasteiger partial charge in [0.1, 0.15) is 17.2 Å². The molecule has 1 heterocycles. The van der Waals surface area contributed by atoms with E-state index < -0.39 is 45.0 Å². The fraction of sp³-hybridized carbons (Fsp3) is 0.273. The summed E-state index contributed by atoms with van der Waals surface area (Å²) in [4.78, 5) is 25.0. The van der Waals surface area contributed by atoms with Crippen molar-refractivity contribution in [2.45, 2.75) is 22.2 Å². The molecule has 1 fully saturated rings. The summed E-state index contributed by atoms with van der Waals surface area (Å²) in [7, 11) is -1.64.